The number of thiocarbonyl (C=S) groups is 1. The van der Waals surface area contributed by atoms with Crippen LogP contribution in [0.3, 0.4) is 0 Å². The molecule has 21 heavy (non-hydrogen) atoms. The molecule has 0 amide bonds. The van der Waals surface area contributed by atoms with E-state index in [2.05, 4.69) is 4.72 Å². The lowest BCUT2D eigenvalue weighted by Gasteiger charge is -2.10. The van der Waals surface area contributed by atoms with Crippen molar-refractivity contribution in [3.8, 4) is 0 Å². The molecule has 0 radical (unpaired) electrons. The summed E-state index contributed by atoms with van der Waals surface area (Å²) in [5.74, 6) is 0. The first kappa shape index (κ1) is 16.4. The van der Waals surface area contributed by atoms with E-state index in [-0.39, 0.29) is 16.4 Å². The Kier molecular flexibility index (Phi) is 5.00. The third-order valence-electron chi connectivity index (χ3n) is 2.83. The van der Waals surface area contributed by atoms with E-state index in [1.165, 1.54) is 17.4 Å². The molecule has 0 aliphatic rings. The molecule has 2 rings (SSSR count). The summed E-state index contributed by atoms with van der Waals surface area (Å²) in [6.45, 7) is 1.91. The molecule has 0 unspecified atom stereocenters. The summed E-state index contributed by atoms with van der Waals surface area (Å²) in [5.41, 5.74) is 6.70. The number of nitrogens with one attached hydrogen (secondary N) is 1. The van der Waals surface area contributed by atoms with Crippen molar-refractivity contribution in [2.45, 2.75) is 18.4 Å². The molecule has 0 aliphatic carbocycles. The minimum Gasteiger partial charge on any atom is -0.389 e. The minimum absolute atomic E-state index is 0.163. The molecular weight excluding hydrogens is 348 g/mol. The van der Waals surface area contributed by atoms with Gasteiger partial charge in [0.15, 0.2) is 0 Å². The van der Waals surface area contributed by atoms with E-state index in [1.807, 2.05) is 0 Å². The quantitative estimate of drug-likeness (QED) is 0.804. The zero-order valence-corrected chi connectivity index (χ0v) is 14.3. The summed E-state index contributed by atoms with van der Waals surface area (Å²) in [6, 6.07) is 8.39. The van der Waals surface area contributed by atoms with E-state index < -0.39 is 10.0 Å². The van der Waals surface area contributed by atoms with E-state index in [1.54, 1.807) is 31.2 Å². The van der Waals surface area contributed by atoms with E-state index in [0.29, 0.717) is 15.5 Å². The smallest absolute Gasteiger partial charge is 0.241 e. The first-order valence-electron chi connectivity index (χ1n) is 5.94. The zero-order valence-electron chi connectivity index (χ0n) is 11.1. The van der Waals surface area contributed by atoms with Gasteiger partial charge in [0.25, 0.3) is 0 Å². The first-order chi connectivity index (χ1) is 9.79. The van der Waals surface area contributed by atoms with E-state index in [9.17, 15) is 8.42 Å². The second kappa shape index (κ2) is 6.41. The molecule has 0 saturated heterocycles. The highest BCUT2D eigenvalue weighted by Crippen LogP contribution is 2.22. The van der Waals surface area contributed by atoms with Crippen molar-refractivity contribution in [3.05, 3.63) is 50.7 Å². The van der Waals surface area contributed by atoms with Gasteiger partial charge in [0.2, 0.25) is 10.0 Å². The Morgan fingerprint density at radius 3 is 2.67 bits per heavy atom. The SMILES string of the molecule is Cc1ccc(C(N)=S)cc1S(=O)(=O)NCc1ccc(Cl)s1. The third kappa shape index (κ3) is 4.02. The van der Waals surface area contributed by atoms with Gasteiger partial charge >= 0.3 is 0 Å². The van der Waals surface area contributed by atoms with Crippen molar-refractivity contribution in [1.29, 1.82) is 0 Å². The van der Waals surface area contributed by atoms with Crippen molar-refractivity contribution in [2.24, 2.45) is 5.73 Å². The van der Waals surface area contributed by atoms with Gasteiger partial charge in [-0.2, -0.15) is 0 Å². The molecule has 0 bridgehead atoms. The lowest BCUT2D eigenvalue weighted by atomic mass is 10.1. The molecule has 0 atom stereocenters. The van der Waals surface area contributed by atoms with Gasteiger partial charge < -0.3 is 5.73 Å². The van der Waals surface area contributed by atoms with Gasteiger partial charge in [-0.1, -0.05) is 36.0 Å². The molecule has 2 aromatic rings. The van der Waals surface area contributed by atoms with Gasteiger partial charge in [0.05, 0.1) is 9.23 Å². The molecule has 0 fully saturated rings. The van der Waals surface area contributed by atoms with E-state index >= 15 is 0 Å². The lowest BCUT2D eigenvalue weighted by molar-refractivity contribution is 0.581. The molecule has 0 saturated carbocycles. The number of aryl methyl sites for hydroxylation is 1. The zero-order chi connectivity index (χ0) is 15.6. The molecule has 1 aromatic carbocycles. The topological polar surface area (TPSA) is 72.2 Å². The van der Waals surface area contributed by atoms with Gasteiger partial charge in [-0.05, 0) is 30.7 Å². The number of hydrogen-bond acceptors (Lipinski definition) is 4. The maximum Gasteiger partial charge on any atom is 0.241 e. The molecule has 0 spiro atoms. The van der Waals surface area contributed by atoms with Crippen LogP contribution in [-0.4, -0.2) is 13.4 Å². The predicted molar refractivity (Wildman–Crippen MR) is 90.4 cm³/mol. The second-order valence-electron chi connectivity index (χ2n) is 4.37. The van der Waals surface area contributed by atoms with Crippen LogP contribution < -0.4 is 10.5 Å². The number of sulfonamides is 1. The Labute approximate surface area is 138 Å². The fraction of sp³-hybridized carbons (Fsp3) is 0.154. The van der Waals surface area contributed by atoms with Crippen LogP contribution in [0.25, 0.3) is 0 Å². The summed E-state index contributed by atoms with van der Waals surface area (Å²) in [6.07, 6.45) is 0. The van der Waals surface area contributed by atoms with Crippen LogP contribution in [0.15, 0.2) is 35.2 Å². The maximum absolute atomic E-state index is 12.4. The largest absolute Gasteiger partial charge is 0.389 e. The molecule has 1 heterocycles. The van der Waals surface area contributed by atoms with Crippen molar-refractivity contribution in [3.63, 3.8) is 0 Å². The fourth-order valence-corrected chi connectivity index (χ4v) is 4.25. The van der Waals surface area contributed by atoms with Gasteiger partial charge in [-0.15, -0.1) is 11.3 Å². The standard InChI is InChI=1S/C13H13ClN2O2S3/c1-8-2-3-9(13(15)19)6-11(8)21(17,18)16-7-10-4-5-12(14)20-10/h2-6,16H,7H2,1H3,(H2,15,19). The van der Waals surface area contributed by atoms with Crippen LogP contribution in [0.4, 0.5) is 0 Å². The summed E-state index contributed by atoms with van der Waals surface area (Å²) in [4.78, 5) is 1.18. The molecule has 0 aliphatic heterocycles. The Morgan fingerprint density at radius 2 is 2.10 bits per heavy atom. The minimum atomic E-state index is -3.64. The van der Waals surface area contributed by atoms with Crippen molar-refractivity contribution >= 4 is 50.2 Å². The predicted octanol–water partition coefficient (Wildman–Crippen LogP) is 2.82. The average Bonchev–Trinajstić information content (AvgIpc) is 2.82. The van der Waals surface area contributed by atoms with Gasteiger partial charge in [0, 0.05) is 17.0 Å². The summed E-state index contributed by atoms with van der Waals surface area (Å²) in [5, 5.41) is 0. The molecule has 3 N–H and O–H groups in total. The summed E-state index contributed by atoms with van der Waals surface area (Å²) < 4.78 is 27.9. The Hall–Kier alpha value is -0.990. The van der Waals surface area contributed by atoms with Crippen LogP contribution in [0.1, 0.15) is 16.0 Å². The van der Waals surface area contributed by atoms with Crippen molar-refractivity contribution in [2.75, 3.05) is 0 Å². The van der Waals surface area contributed by atoms with E-state index in [0.717, 1.165) is 4.88 Å². The molecule has 1 aromatic heterocycles. The number of rotatable bonds is 5. The summed E-state index contributed by atoms with van der Waals surface area (Å²) in [7, 11) is -3.64. The van der Waals surface area contributed by atoms with Crippen LogP contribution in [-0.2, 0) is 16.6 Å². The third-order valence-corrected chi connectivity index (χ3v) is 5.84. The van der Waals surface area contributed by atoms with E-state index in [4.69, 9.17) is 29.6 Å². The number of benzene rings is 1. The fourth-order valence-electron chi connectivity index (χ4n) is 1.73. The summed E-state index contributed by atoms with van der Waals surface area (Å²) >= 11 is 12.0. The molecular formula is C13H13ClN2O2S3. The molecule has 4 nitrogen and oxygen atoms in total. The Bertz CT molecular complexity index is 784. The normalized spacial score (nSPS) is 11.5. The van der Waals surface area contributed by atoms with Crippen LogP contribution in [0.2, 0.25) is 4.34 Å². The van der Waals surface area contributed by atoms with Crippen molar-refractivity contribution < 1.29 is 8.42 Å². The van der Waals surface area contributed by atoms with Crippen LogP contribution >= 0.6 is 35.2 Å². The second-order valence-corrected chi connectivity index (χ2v) is 8.35. The lowest BCUT2D eigenvalue weighted by Crippen LogP contribution is -2.24. The van der Waals surface area contributed by atoms with Crippen LogP contribution in [0.5, 0.6) is 0 Å². The number of hydrogen-bond donors (Lipinski definition) is 2. The van der Waals surface area contributed by atoms with Gasteiger partial charge in [-0.25, -0.2) is 13.1 Å². The van der Waals surface area contributed by atoms with Gasteiger partial charge in [-0.3, -0.25) is 0 Å². The number of nitrogens with two attached hydrogens (primary N) is 1. The number of halogens is 1. The van der Waals surface area contributed by atoms with Crippen LogP contribution in [0, 0.1) is 6.92 Å². The maximum atomic E-state index is 12.4. The average molecular weight is 361 g/mol. The highest BCUT2D eigenvalue weighted by atomic mass is 35.5. The highest BCUT2D eigenvalue weighted by Gasteiger charge is 2.18. The Morgan fingerprint density at radius 1 is 1.38 bits per heavy atom. The molecule has 8 heteroatoms. The molecule has 112 valence electrons. The first-order valence-corrected chi connectivity index (χ1v) is 9.02. The Balaban J connectivity index is 2.26. The monoisotopic (exact) mass is 360 g/mol. The van der Waals surface area contributed by atoms with Gasteiger partial charge in [0.1, 0.15) is 4.99 Å². The highest BCUT2D eigenvalue weighted by molar-refractivity contribution is 7.89. The number of thiophene rings is 1. The van der Waals surface area contributed by atoms with Crippen molar-refractivity contribution in [1.82, 2.24) is 4.72 Å².